The lowest BCUT2D eigenvalue weighted by Gasteiger charge is -2.46. The summed E-state index contributed by atoms with van der Waals surface area (Å²) in [5.41, 5.74) is 6.80. The molecule has 1 aromatic carbocycles. The van der Waals surface area contributed by atoms with Gasteiger partial charge in [-0.3, -0.25) is 14.6 Å². The van der Waals surface area contributed by atoms with Crippen LogP contribution in [0.15, 0.2) is 54.9 Å². The molecule has 1 saturated carbocycles. The van der Waals surface area contributed by atoms with E-state index in [0.29, 0.717) is 11.4 Å². The predicted molar refractivity (Wildman–Crippen MR) is 125 cm³/mol. The standard InChI is InChI=1S/C23H24N4O6S/c24-10-18(22(28)26-20-9-15-6-7-25-11-19(15)34-20)21-16(13-33-27(30)31)8-17(21)23(29)32-12-14-4-2-1-3-5-14/h1-7,9,11,16-18,21H,8,10,12-13,24H2,(H,26,28). The van der Waals surface area contributed by atoms with Crippen molar-refractivity contribution in [3.8, 4) is 0 Å². The number of rotatable bonds is 10. The number of fused-ring (bicyclic) bond motifs is 1. The smallest absolute Gasteiger partial charge is 0.309 e. The van der Waals surface area contributed by atoms with Gasteiger partial charge in [0, 0.05) is 18.9 Å². The molecule has 0 saturated heterocycles. The number of carbonyl (C=O) groups excluding carboxylic acids is 2. The van der Waals surface area contributed by atoms with Gasteiger partial charge in [0.15, 0.2) is 0 Å². The molecule has 1 fully saturated rings. The molecule has 1 aliphatic carbocycles. The second-order valence-corrected chi connectivity index (χ2v) is 9.23. The van der Waals surface area contributed by atoms with Crippen LogP contribution in [-0.2, 0) is 25.8 Å². The van der Waals surface area contributed by atoms with Crippen molar-refractivity contribution in [1.82, 2.24) is 4.98 Å². The molecule has 3 aromatic rings. The molecule has 0 aliphatic heterocycles. The van der Waals surface area contributed by atoms with Gasteiger partial charge in [0.25, 0.3) is 5.09 Å². The normalized spacial score (nSPS) is 20.2. The third kappa shape index (κ3) is 5.32. The number of hydrogen-bond donors (Lipinski definition) is 2. The highest BCUT2D eigenvalue weighted by molar-refractivity contribution is 7.22. The lowest BCUT2D eigenvalue weighted by atomic mass is 9.59. The van der Waals surface area contributed by atoms with Crippen LogP contribution >= 0.6 is 11.3 Å². The first-order valence-corrected chi connectivity index (χ1v) is 11.6. The van der Waals surface area contributed by atoms with E-state index in [1.807, 2.05) is 42.5 Å². The number of thiophene rings is 1. The largest absolute Gasteiger partial charge is 0.461 e. The lowest BCUT2D eigenvalue weighted by Crippen LogP contribution is -2.53. The summed E-state index contributed by atoms with van der Waals surface area (Å²) in [5, 5.41) is 14.3. The minimum atomic E-state index is -0.874. The number of aromatic nitrogens is 1. The van der Waals surface area contributed by atoms with E-state index in [-0.39, 0.29) is 31.6 Å². The van der Waals surface area contributed by atoms with Crippen molar-refractivity contribution in [3.05, 3.63) is 70.5 Å². The molecule has 178 valence electrons. The molecular weight excluding hydrogens is 460 g/mol. The number of carbonyl (C=O) groups is 2. The number of anilines is 1. The van der Waals surface area contributed by atoms with Crippen molar-refractivity contribution < 1.29 is 24.3 Å². The van der Waals surface area contributed by atoms with Gasteiger partial charge < -0.3 is 20.6 Å². The minimum absolute atomic E-state index is 0.0274. The summed E-state index contributed by atoms with van der Waals surface area (Å²) in [6, 6.07) is 12.9. The SMILES string of the molecule is NCC(C(=O)Nc1cc2ccncc2s1)C1C(CO[N+](=O)[O-])CC1C(=O)OCc1ccccc1. The summed E-state index contributed by atoms with van der Waals surface area (Å²) in [6.45, 7) is -0.132. The highest BCUT2D eigenvalue weighted by Gasteiger charge is 2.51. The summed E-state index contributed by atoms with van der Waals surface area (Å²) in [6.07, 6.45) is 3.71. The molecule has 34 heavy (non-hydrogen) atoms. The Hall–Kier alpha value is -3.57. The van der Waals surface area contributed by atoms with Gasteiger partial charge in [-0.25, -0.2) is 0 Å². The molecule has 0 bridgehead atoms. The first-order valence-electron chi connectivity index (χ1n) is 10.8. The Kier molecular flexibility index (Phi) is 7.33. The van der Waals surface area contributed by atoms with E-state index in [4.69, 9.17) is 10.5 Å². The molecule has 4 unspecified atom stereocenters. The van der Waals surface area contributed by atoms with Crippen molar-refractivity contribution in [1.29, 1.82) is 0 Å². The van der Waals surface area contributed by atoms with Crippen LogP contribution in [0.1, 0.15) is 12.0 Å². The van der Waals surface area contributed by atoms with Gasteiger partial charge in [0.2, 0.25) is 5.91 Å². The molecule has 1 amide bonds. The van der Waals surface area contributed by atoms with E-state index < -0.39 is 28.8 Å². The Morgan fingerprint density at radius 2 is 2.09 bits per heavy atom. The lowest BCUT2D eigenvalue weighted by molar-refractivity contribution is -0.760. The van der Waals surface area contributed by atoms with Gasteiger partial charge in [-0.2, -0.15) is 0 Å². The average molecular weight is 485 g/mol. The monoisotopic (exact) mass is 484 g/mol. The Morgan fingerprint density at radius 1 is 1.29 bits per heavy atom. The number of esters is 1. The number of amides is 1. The maximum Gasteiger partial charge on any atom is 0.309 e. The topological polar surface area (TPSA) is 147 Å². The van der Waals surface area contributed by atoms with Crippen LogP contribution in [0.3, 0.4) is 0 Å². The highest BCUT2D eigenvalue weighted by atomic mass is 32.1. The number of hydrogen-bond acceptors (Lipinski definition) is 9. The Labute approximate surface area is 199 Å². The molecule has 3 N–H and O–H groups in total. The molecule has 2 aromatic heterocycles. The van der Waals surface area contributed by atoms with Gasteiger partial charge in [0.1, 0.15) is 6.61 Å². The van der Waals surface area contributed by atoms with Crippen LogP contribution in [0.2, 0.25) is 0 Å². The first kappa shape index (κ1) is 23.6. The minimum Gasteiger partial charge on any atom is -0.461 e. The Morgan fingerprint density at radius 3 is 2.79 bits per heavy atom. The third-order valence-electron chi connectivity index (χ3n) is 6.11. The number of ether oxygens (including phenoxy) is 1. The maximum atomic E-state index is 13.2. The second kappa shape index (κ2) is 10.6. The van der Waals surface area contributed by atoms with E-state index in [9.17, 15) is 19.7 Å². The molecule has 0 spiro atoms. The number of nitrogens with zero attached hydrogens (tertiary/aromatic N) is 2. The predicted octanol–water partition coefficient (Wildman–Crippen LogP) is 3.01. The molecule has 1 aliphatic rings. The fraction of sp³-hybridized carbons (Fsp3) is 0.348. The van der Waals surface area contributed by atoms with Gasteiger partial charge >= 0.3 is 5.97 Å². The molecule has 4 atom stereocenters. The molecular formula is C23H24N4O6S. The van der Waals surface area contributed by atoms with Crippen LogP contribution in [0.5, 0.6) is 0 Å². The molecule has 4 rings (SSSR count). The van der Waals surface area contributed by atoms with Crippen LogP contribution in [0.4, 0.5) is 5.00 Å². The van der Waals surface area contributed by atoms with Crippen molar-refractivity contribution in [2.75, 3.05) is 18.5 Å². The molecule has 10 nitrogen and oxygen atoms in total. The van der Waals surface area contributed by atoms with Gasteiger partial charge in [-0.05, 0) is 41.3 Å². The highest BCUT2D eigenvalue weighted by Crippen LogP contribution is 2.46. The first-order chi connectivity index (χ1) is 16.5. The number of benzene rings is 1. The van der Waals surface area contributed by atoms with Crippen LogP contribution in [0, 0.1) is 33.8 Å². The van der Waals surface area contributed by atoms with Crippen LogP contribution < -0.4 is 11.1 Å². The van der Waals surface area contributed by atoms with Crippen molar-refractivity contribution in [3.63, 3.8) is 0 Å². The Balaban J connectivity index is 1.47. The van der Waals surface area contributed by atoms with E-state index in [1.165, 1.54) is 11.3 Å². The molecule has 0 radical (unpaired) electrons. The van der Waals surface area contributed by atoms with E-state index in [0.717, 1.165) is 15.6 Å². The van der Waals surface area contributed by atoms with E-state index >= 15 is 0 Å². The van der Waals surface area contributed by atoms with Gasteiger partial charge in [-0.1, -0.05) is 30.3 Å². The van der Waals surface area contributed by atoms with E-state index in [1.54, 1.807) is 12.4 Å². The third-order valence-corrected chi connectivity index (χ3v) is 7.11. The zero-order valence-corrected chi connectivity index (χ0v) is 19.0. The van der Waals surface area contributed by atoms with Crippen molar-refractivity contribution >= 4 is 38.3 Å². The van der Waals surface area contributed by atoms with Crippen molar-refractivity contribution in [2.24, 2.45) is 29.4 Å². The number of nitrogens with two attached hydrogens (primary N) is 1. The fourth-order valence-electron chi connectivity index (χ4n) is 4.41. The van der Waals surface area contributed by atoms with Gasteiger partial charge in [-0.15, -0.1) is 21.5 Å². The summed E-state index contributed by atoms with van der Waals surface area (Å²) in [5.74, 6) is -3.05. The molecule has 2 heterocycles. The average Bonchev–Trinajstić information content (AvgIpc) is 3.23. The summed E-state index contributed by atoms with van der Waals surface area (Å²) in [4.78, 5) is 45.3. The maximum absolute atomic E-state index is 13.2. The van der Waals surface area contributed by atoms with Crippen molar-refractivity contribution in [2.45, 2.75) is 13.0 Å². The zero-order chi connectivity index (χ0) is 24.1. The molecule has 11 heteroatoms. The van der Waals surface area contributed by atoms with Gasteiger partial charge in [0.05, 0.1) is 28.1 Å². The second-order valence-electron chi connectivity index (χ2n) is 8.15. The summed E-state index contributed by atoms with van der Waals surface area (Å²) in [7, 11) is 0. The fourth-order valence-corrected chi connectivity index (χ4v) is 5.34. The summed E-state index contributed by atoms with van der Waals surface area (Å²) >= 11 is 1.38. The Bertz CT molecular complexity index is 1140. The quantitative estimate of drug-likeness (QED) is 0.254. The van der Waals surface area contributed by atoms with Crippen LogP contribution in [-0.4, -0.2) is 35.1 Å². The van der Waals surface area contributed by atoms with E-state index in [2.05, 4.69) is 15.1 Å². The number of nitrogens with one attached hydrogen (secondary N) is 1. The number of pyridine rings is 1. The van der Waals surface area contributed by atoms with Crippen LogP contribution in [0.25, 0.3) is 10.1 Å². The summed E-state index contributed by atoms with van der Waals surface area (Å²) < 4.78 is 6.40. The zero-order valence-electron chi connectivity index (χ0n) is 18.2.